The Morgan fingerprint density at radius 1 is 0.949 bits per heavy atom. The normalized spacial score (nSPS) is 15.8. The molecule has 4 aromatic rings. The van der Waals surface area contributed by atoms with Gasteiger partial charge in [0.25, 0.3) is 5.56 Å². The van der Waals surface area contributed by atoms with Gasteiger partial charge in [-0.3, -0.25) is 9.36 Å². The van der Waals surface area contributed by atoms with Crippen molar-refractivity contribution in [3.05, 3.63) is 126 Å². The molecule has 1 atom stereocenters. The number of carbonyl (C=O) groups excluding carboxylic acids is 1. The first-order valence-electron chi connectivity index (χ1n) is 12.1. The number of allylic oxidation sites excluding steroid dienone is 1. The first-order chi connectivity index (χ1) is 18.6. The number of sulfone groups is 1. The van der Waals surface area contributed by atoms with E-state index in [9.17, 15) is 18.0 Å². The molecule has 0 fully saturated rings. The van der Waals surface area contributed by atoms with Crippen molar-refractivity contribution in [3.8, 4) is 0 Å². The fourth-order valence-electron chi connectivity index (χ4n) is 4.62. The number of thiazole rings is 1. The van der Waals surface area contributed by atoms with Gasteiger partial charge in [-0.15, -0.1) is 11.3 Å². The third-order valence-corrected chi connectivity index (χ3v) is 9.66. The molecule has 0 bridgehead atoms. The monoisotopic (exact) mass is 558 g/mol. The predicted octanol–water partition coefficient (Wildman–Crippen LogP) is 3.04. The molecule has 2 heterocycles. The second-order valence-corrected chi connectivity index (χ2v) is 12.2. The number of nitrogens with zero attached hydrogens (tertiary/aromatic N) is 1. The fraction of sp³-hybridized carbons (Fsp3) is 0.133. The van der Waals surface area contributed by atoms with Gasteiger partial charge in [-0.1, -0.05) is 77.9 Å². The summed E-state index contributed by atoms with van der Waals surface area (Å²) in [4.78, 5) is 26.9. The lowest BCUT2D eigenvalue weighted by Gasteiger charge is -2.28. The minimum atomic E-state index is -4.25. The molecule has 0 spiro atoms. The number of carbonyl (C=O) groups is 1. The van der Waals surface area contributed by atoms with Crippen LogP contribution in [-0.2, 0) is 19.4 Å². The number of aromatic nitrogens is 1. The van der Waals surface area contributed by atoms with E-state index in [1.807, 2.05) is 50.2 Å². The van der Waals surface area contributed by atoms with Gasteiger partial charge in [-0.05, 0) is 43.2 Å². The van der Waals surface area contributed by atoms with Crippen LogP contribution in [-0.4, -0.2) is 26.1 Å². The smallest absolute Gasteiger partial charge is 0.337 e. The van der Waals surface area contributed by atoms with E-state index in [0.29, 0.717) is 10.1 Å². The van der Waals surface area contributed by atoms with E-state index < -0.39 is 27.3 Å². The SMILES string of the molecule is COC(=O)C1=c2s/c(=C\c3ccc(C)cc3)c(=O)n2C(N)=C(S(=O)(=O)c2ccccc2)[C@@H]1c1ccc(C)cc1. The van der Waals surface area contributed by atoms with Crippen LogP contribution in [0.25, 0.3) is 17.5 Å². The molecule has 9 heteroatoms. The number of hydrogen-bond donors (Lipinski definition) is 1. The highest BCUT2D eigenvalue weighted by atomic mass is 32.2. The molecule has 0 saturated heterocycles. The van der Waals surface area contributed by atoms with Gasteiger partial charge in [0.2, 0.25) is 9.84 Å². The Kier molecular flexibility index (Phi) is 6.88. The van der Waals surface area contributed by atoms with E-state index in [2.05, 4.69) is 0 Å². The molecule has 1 aliphatic rings. The Morgan fingerprint density at radius 3 is 2.13 bits per heavy atom. The van der Waals surface area contributed by atoms with E-state index in [1.54, 1.807) is 36.4 Å². The van der Waals surface area contributed by atoms with Gasteiger partial charge in [0.05, 0.1) is 28.0 Å². The fourth-order valence-corrected chi connectivity index (χ4v) is 7.49. The van der Waals surface area contributed by atoms with Crippen LogP contribution in [0.4, 0.5) is 0 Å². The zero-order valence-corrected chi connectivity index (χ0v) is 23.2. The highest BCUT2D eigenvalue weighted by Crippen LogP contribution is 2.42. The van der Waals surface area contributed by atoms with Crippen molar-refractivity contribution in [3.63, 3.8) is 0 Å². The van der Waals surface area contributed by atoms with Crippen molar-refractivity contribution >= 4 is 44.6 Å². The first kappa shape index (κ1) is 26.4. The van der Waals surface area contributed by atoms with Crippen molar-refractivity contribution in [2.75, 3.05) is 7.11 Å². The van der Waals surface area contributed by atoms with Crippen LogP contribution in [0, 0.1) is 13.8 Å². The summed E-state index contributed by atoms with van der Waals surface area (Å²) in [5.74, 6) is -2.07. The maximum Gasteiger partial charge on any atom is 0.337 e. The van der Waals surface area contributed by atoms with E-state index in [0.717, 1.165) is 32.6 Å². The Labute approximate surface area is 229 Å². The van der Waals surface area contributed by atoms with Crippen LogP contribution in [0.2, 0.25) is 0 Å². The lowest BCUT2D eigenvalue weighted by Crippen LogP contribution is -2.41. The number of benzene rings is 3. The Bertz CT molecular complexity index is 1900. The molecule has 39 heavy (non-hydrogen) atoms. The highest BCUT2D eigenvalue weighted by molar-refractivity contribution is 7.95. The molecule has 3 aromatic carbocycles. The summed E-state index contributed by atoms with van der Waals surface area (Å²) in [6.45, 7) is 3.87. The van der Waals surface area contributed by atoms with Gasteiger partial charge in [-0.2, -0.15) is 0 Å². The van der Waals surface area contributed by atoms with Crippen LogP contribution in [0.5, 0.6) is 0 Å². The average Bonchev–Trinajstić information content (AvgIpc) is 3.25. The third-order valence-electron chi connectivity index (χ3n) is 6.63. The summed E-state index contributed by atoms with van der Waals surface area (Å²) < 4.78 is 35.1. The molecular weight excluding hydrogens is 532 g/mol. The average molecular weight is 559 g/mol. The zero-order chi connectivity index (χ0) is 27.9. The van der Waals surface area contributed by atoms with E-state index in [4.69, 9.17) is 10.5 Å². The van der Waals surface area contributed by atoms with Crippen molar-refractivity contribution in [1.29, 1.82) is 0 Å². The summed E-state index contributed by atoms with van der Waals surface area (Å²) in [5, 5.41) is 0. The predicted molar refractivity (Wildman–Crippen MR) is 153 cm³/mol. The molecule has 0 radical (unpaired) electrons. The number of aryl methyl sites for hydroxylation is 2. The standard InChI is InChI=1S/C30H26N2O5S2/c1-18-9-13-20(14-10-18)17-23-28(33)32-27(31)26(39(35,36)22-7-5-4-6-8-22)24(21-15-11-19(2)12-16-21)25(29(32)38-23)30(34)37-3/h4-17,24H,31H2,1-3H3/b23-17-/t24-/m1/s1. The molecule has 5 rings (SSSR count). The number of rotatable bonds is 5. The molecule has 0 saturated carbocycles. The molecule has 2 N–H and O–H groups in total. The largest absolute Gasteiger partial charge is 0.466 e. The van der Waals surface area contributed by atoms with Crippen LogP contribution >= 0.6 is 11.3 Å². The second-order valence-electron chi connectivity index (χ2n) is 9.28. The zero-order valence-electron chi connectivity index (χ0n) is 21.5. The van der Waals surface area contributed by atoms with Gasteiger partial charge in [0.1, 0.15) is 15.4 Å². The molecule has 1 aliphatic heterocycles. The summed E-state index contributed by atoms with van der Waals surface area (Å²) in [6.07, 6.45) is 1.70. The minimum Gasteiger partial charge on any atom is -0.466 e. The number of methoxy groups -OCH3 is 1. The topological polar surface area (TPSA) is 108 Å². The van der Waals surface area contributed by atoms with Crippen LogP contribution in [0.1, 0.15) is 28.2 Å². The number of esters is 1. The summed E-state index contributed by atoms with van der Waals surface area (Å²) in [6, 6.07) is 22.6. The molecule has 0 unspecified atom stereocenters. The molecule has 1 aromatic heterocycles. The number of ether oxygens (including phenoxy) is 1. The molecule has 0 aliphatic carbocycles. The molecule has 7 nitrogen and oxygen atoms in total. The Hall–Kier alpha value is -4.21. The van der Waals surface area contributed by atoms with Gasteiger partial charge >= 0.3 is 5.97 Å². The summed E-state index contributed by atoms with van der Waals surface area (Å²) in [5.41, 5.74) is 9.46. The van der Waals surface area contributed by atoms with Gasteiger partial charge in [0.15, 0.2) is 0 Å². The van der Waals surface area contributed by atoms with E-state index in [1.165, 1.54) is 19.2 Å². The second kappa shape index (κ2) is 10.2. The number of fused-ring (bicyclic) bond motifs is 1. The van der Waals surface area contributed by atoms with Gasteiger partial charge < -0.3 is 10.5 Å². The van der Waals surface area contributed by atoms with Crippen molar-refractivity contribution in [2.45, 2.75) is 24.7 Å². The Balaban J connectivity index is 1.92. The Morgan fingerprint density at radius 2 is 1.54 bits per heavy atom. The number of hydrogen-bond acceptors (Lipinski definition) is 7. The quantitative estimate of drug-likeness (QED) is 0.377. The van der Waals surface area contributed by atoms with Gasteiger partial charge in [0, 0.05) is 0 Å². The van der Waals surface area contributed by atoms with Crippen molar-refractivity contribution in [1.82, 2.24) is 4.57 Å². The van der Waals surface area contributed by atoms with Crippen LogP contribution < -0.4 is 20.5 Å². The summed E-state index contributed by atoms with van der Waals surface area (Å²) in [7, 11) is -3.02. The van der Waals surface area contributed by atoms with Crippen LogP contribution in [0.3, 0.4) is 0 Å². The number of nitrogens with two attached hydrogens (primary N) is 1. The third kappa shape index (κ3) is 4.64. The lowest BCUT2D eigenvalue weighted by atomic mass is 9.89. The molecule has 0 amide bonds. The van der Waals surface area contributed by atoms with Crippen molar-refractivity contribution in [2.24, 2.45) is 5.73 Å². The van der Waals surface area contributed by atoms with Crippen molar-refractivity contribution < 1.29 is 17.9 Å². The lowest BCUT2D eigenvalue weighted by molar-refractivity contribution is -0.134. The summed E-state index contributed by atoms with van der Waals surface area (Å²) >= 11 is 1.07. The van der Waals surface area contributed by atoms with E-state index in [-0.39, 0.29) is 25.9 Å². The van der Waals surface area contributed by atoms with E-state index >= 15 is 0 Å². The molecular formula is C30H26N2O5S2. The van der Waals surface area contributed by atoms with Gasteiger partial charge in [-0.25, -0.2) is 13.2 Å². The maximum atomic E-state index is 14.1. The minimum absolute atomic E-state index is 0.00227. The highest BCUT2D eigenvalue weighted by Gasteiger charge is 2.42. The maximum absolute atomic E-state index is 14.1. The van der Waals surface area contributed by atoms with Crippen LogP contribution in [0.15, 0.2) is 93.5 Å². The first-order valence-corrected chi connectivity index (χ1v) is 14.4. The molecule has 198 valence electrons.